The van der Waals surface area contributed by atoms with E-state index in [1.807, 2.05) is 37.3 Å². The summed E-state index contributed by atoms with van der Waals surface area (Å²) in [5.74, 6) is -0.374. The lowest BCUT2D eigenvalue weighted by atomic mass is 10.0. The van der Waals surface area contributed by atoms with Crippen molar-refractivity contribution in [3.8, 4) is 0 Å². The Balaban J connectivity index is 2.88. The third-order valence-electron chi connectivity index (χ3n) is 2.41. The first-order valence-corrected chi connectivity index (χ1v) is 4.48. The number of hydrogen-bond acceptors (Lipinski definition) is 1. The molecule has 0 aliphatic rings. The van der Waals surface area contributed by atoms with Crippen LogP contribution in [0.3, 0.4) is 0 Å². The number of carbonyl (C=O) groups is 1. The molecule has 70 valence electrons. The third-order valence-corrected chi connectivity index (χ3v) is 2.41. The Kier molecular flexibility index (Phi) is 1.97. The number of aryl methyl sites for hydroxylation is 1. The summed E-state index contributed by atoms with van der Waals surface area (Å²) in [7, 11) is 0. The van der Waals surface area contributed by atoms with E-state index in [4.69, 9.17) is 5.73 Å². The molecule has 0 heterocycles. The molecule has 1 amide bonds. The molecule has 0 fully saturated rings. The zero-order valence-electron chi connectivity index (χ0n) is 7.95. The number of amides is 1. The van der Waals surface area contributed by atoms with Gasteiger partial charge < -0.3 is 5.73 Å². The summed E-state index contributed by atoms with van der Waals surface area (Å²) < 4.78 is 0. The van der Waals surface area contributed by atoms with E-state index in [-0.39, 0.29) is 5.91 Å². The van der Waals surface area contributed by atoms with Gasteiger partial charge in [0.2, 0.25) is 5.91 Å². The number of benzene rings is 2. The smallest absolute Gasteiger partial charge is 0.249 e. The van der Waals surface area contributed by atoms with Crippen molar-refractivity contribution in [2.75, 3.05) is 0 Å². The van der Waals surface area contributed by atoms with Gasteiger partial charge in [0, 0.05) is 5.56 Å². The summed E-state index contributed by atoms with van der Waals surface area (Å²) in [5, 5.41) is 2.02. The Bertz CT molecular complexity index is 503. The molecule has 0 unspecified atom stereocenters. The first-order chi connectivity index (χ1) is 6.70. The first-order valence-electron chi connectivity index (χ1n) is 4.48. The molecular formula is C12H11NO. The Morgan fingerprint density at radius 2 is 1.71 bits per heavy atom. The van der Waals surface area contributed by atoms with Crippen LogP contribution in [0.4, 0.5) is 0 Å². The molecule has 0 aliphatic heterocycles. The van der Waals surface area contributed by atoms with Crippen LogP contribution in [0, 0.1) is 6.92 Å². The highest BCUT2D eigenvalue weighted by molar-refractivity contribution is 6.06. The molecule has 0 aromatic heterocycles. The normalized spacial score (nSPS) is 10.4. The molecule has 0 saturated heterocycles. The molecule has 2 heteroatoms. The number of nitrogens with two attached hydrogens (primary N) is 1. The van der Waals surface area contributed by atoms with Crippen molar-refractivity contribution in [3.05, 3.63) is 47.5 Å². The summed E-state index contributed by atoms with van der Waals surface area (Å²) >= 11 is 0. The van der Waals surface area contributed by atoms with Crippen molar-refractivity contribution in [1.29, 1.82) is 0 Å². The monoisotopic (exact) mass is 185 g/mol. The van der Waals surface area contributed by atoms with E-state index in [1.165, 1.54) is 0 Å². The van der Waals surface area contributed by atoms with Gasteiger partial charge in [0.15, 0.2) is 0 Å². The van der Waals surface area contributed by atoms with Crippen LogP contribution in [0.2, 0.25) is 0 Å². The predicted molar refractivity (Wildman–Crippen MR) is 57.2 cm³/mol. The minimum Gasteiger partial charge on any atom is -0.366 e. The molecule has 2 N–H and O–H groups in total. The average Bonchev–Trinajstić information content (AvgIpc) is 2.17. The van der Waals surface area contributed by atoms with Gasteiger partial charge in [-0.15, -0.1) is 0 Å². The van der Waals surface area contributed by atoms with E-state index < -0.39 is 0 Å². The van der Waals surface area contributed by atoms with Crippen molar-refractivity contribution in [2.45, 2.75) is 6.92 Å². The van der Waals surface area contributed by atoms with Crippen LogP contribution in [0.5, 0.6) is 0 Å². The van der Waals surface area contributed by atoms with Crippen LogP contribution in [0.15, 0.2) is 36.4 Å². The molecule has 0 atom stereocenters. The molecule has 2 aromatic carbocycles. The van der Waals surface area contributed by atoms with Gasteiger partial charge in [-0.25, -0.2) is 0 Å². The van der Waals surface area contributed by atoms with E-state index in [1.54, 1.807) is 6.07 Å². The highest BCUT2D eigenvalue weighted by Gasteiger charge is 2.05. The highest BCUT2D eigenvalue weighted by Crippen LogP contribution is 2.21. The lowest BCUT2D eigenvalue weighted by Gasteiger charge is -2.04. The van der Waals surface area contributed by atoms with E-state index in [0.29, 0.717) is 5.56 Å². The van der Waals surface area contributed by atoms with Crippen molar-refractivity contribution in [1.82, 2.24) is 0 Å². The van der Waals surface area contributed by atoms with Crippen LogP contribution < -0.4 is 5.73 Å². The van der Waals surface area contributed by atoms with Crippen LogP contribution >= 0.6 is 0 Å². The van der Waals surface area contributed by atoms with E-state index in [0.717, 1.165) is 16.3 Å². The average molecular weight is 185 g/mol. The summed E-state index contributed by atoms with van der Waals surface area (Å²) in [6.07, 6.45) is 0. The second-order valence-electron chi connectivity index (χ2n) is 3.34. The standard InChI is InChI=1S/C12H11NO/c1-8-4-2-6-10-9(8)5-3-7-11(10)12(13)14/h2-7H,1H3,(H2,13,14). The van der Waals surface area contributed by atoms with Crippen molar-refractivity contribution < 1.29 is 4.79 Å². The Morgan fingerprint density at radius 3 is 2.43 bits per heavy atom. The van der Waals surface area contributed by atoms with Gasteiger partial charge in [0.25, 0.3) is 0 Å². The lowest BCUT2D eigenvalue weighted by Crippen LogP contribution is -2.11. The molecule has 0 bridgehead atoms. The van der Waals surface area contributed by atoms with Gasteiger partial charge in [-0.1, -0.05) is 30.3 Å². The molecule has 2 aromatic rings. The van der Waals surface area contributed by atoms with Gasteiger partial charge in [-0.3, -0.25) is 4.79 Å². The molecule has 0 spiro atoms. The number of hydrogen-bond donors (Lipinski definition) is 1. The van der Waals surface area contributed by atoms with Crippen molar-refractivity contribution >= 4 is 16.7 Å². The fourth-order valence-corrected chi connectivity index (χ4v) is 1.68. The van der Waals surface area contributed by atoms with E-state index in [9.17, 15) is 4.79 Å². The largest absolute Gasteiger partial charge is 0.366 e. The number of rotatable bonds is 1. The Morgan fingerprint density at radius 1 is 1.07 bits per heavy atom. The maximum atomic E-state index is 11.1. The van der Waals surface area contributed by atoms with Crippen LogP contribution in [0.1, 0.15) is 15.9 Å². The van der Waals surface area contributed by atoms with Crippen molar-refractivity contribution in [2.24, 2.45) is 5.73 Å². The van der Waals surface area contributed by atoms with Crippen LogP contribution in [-0.4, -0.2) is 5.91 Å². The molecular weight excluding hydrogens is 174 g/mol. The summed E-state index contributed by atoms with van der Waals surface area (Å²) in [6.45, 7) is 2.02. The molecule has 0 aliphatic carbocycles. The molecule has 2 rings (SSSR count). The maximum Gasteiger partial charge on any atom is 0.249 e. The van der Waals surface area contributed by atoms with Crippen LogP contribution in [0.25, 0.3) is 10.8 Å². The Labute approximate surface area is 82.3 Å². The number of fused-ring (bicyclic) bond motifs is 1. The molecule has 0 radical (unpaired) electrons. The SMILES string of the molecule is Cc1cccc2c(C(N)=O)cccc12. The summed E-state index contributed by atoms with van der Waals surface area (Å²) in [4.78, 5) is 11.1. The molecule has 2 nitrogen and oxygen atoms in total. The summed E-state index contributed by atoms with van der Waals surface area (Å²) in [5.41, 5.74) is 7.04. The van der Waals surface area contributed by atoms with E-state index in [2.05, 4.69) is 0 Å². The summed E-state index contributed by atoms with van der Waals surface area (Å²) in [6, 6.07) is 11.5. The van der Waals surface area contributed by atoms with Gasteiger partial charge in [-0.2, -0.15) is 0 Å². The predicted octanol–water partition coefficient (Wildman–Crippen LogP) is 2.25. The second kappa shape index (κ2) is 3.14. The minimum absolute atomic E-state index is 0.374. The van der Waals surface area contributed by atoms with Crippen LogP contribution in [-0.2, 0) is 0 Å². The van der Waals surface area contributed by atoms with Crippen molar-refractivity contribution in [3.63, 3.8) is 0 Å². The zero-order chi connectivity index (χ0) is 10.1. The first kappa shape index (κ1) is 8.75. The molecule has 0 saturated carbocycles. The van der Waals surface area contributed by atoms with E-state index >= 15 is 0 Å². The van der Waals surface area contributed by atoms with Gasteiger partial charge >= 0.3 is 0 Å². The fraction of sp³-hybridized carbons (Fsp3) is 0.0833. The highest BCUT2D eigenvalue weighted by atomic mass is 16.1. The quantitative estimate of drug-likeness (QED) is 0.727. The second-order valence-corrected chi connectivity index (χ2v) is 3.34. The Hall–Kier alpha value is -1.83. The zero-order valence-corrected chi connectivity index (χ0v) is 7.95. The van der Waals surface area contributed by atoms with Gasteiger partial charge in [-0.05, 0) is 29.3 Å². The number of carbonyl (C=O) groups excluding carboxylic acids is 1. The fourth-order valence-electron chi connectivity index (χ4n) is 1.68. The maximum absolute atomic E-state index is 11.1. The topological polar surface area (TPSA) is 43.1 Å². The van der Waals surface area contributed by atoms with Gasteiger partial charge in [0.05, 0.1) is 0 Å². The lowest BCUT2D eigenvalue weighted by molar-refractivity contribution is 0.100. The molecule has 14 heavy (non-hydrogen) atoms. The third kappa shape index (κ3) is 1.25. The van der Waals surface area contributed by atoms with Gasteiger partial charge in [0.1, 0.15) is 0 Å². The minimum atomic E-state index is -0.374. The number of primary amides is 1.